The standard InChI is InChI=1S/C11H13FN4/c1-7-4-8(6-9(12)5-7)10-14-15-11(13-2)16(10)3/h4-6H,1-3H3,(H,13,15). The number of hydrogen-bond donors (Lipinski definition) is 1. The molecule has 0 amide bonds. The maximum Gasteiger partial charge on any atom is 0.224 e. The van der Waals surface area contributed by atoms with Gasteiger partial charge in [-0.2, -0.15) is 0 Å². The van der Waals surface area contributed by atoms with Crippen LogP contribution in [0.1, 0.15) is 5.56 Å². The number of benzene rings is 1. The fourth-order valence-electron chi connectivity index (χ4n) is 1.66. The van der Waals surface area contributed by atoms with Gasteiger partial charge in [0.25, 0.3) is 0 Å². The van der Waals surface area contributed by atoms with Gasteiger partial charge in [-0.1, -0.05) is 0 Å². The molecule has 0 aliphatic carbocycles. The first-order valence-corrected chi connectivity index (χ1v) is 4.96. The molecule has 0 saturated carbocycles. The zero-order chi connectivity index (χ0) is 11.7. The second kappa shape index (κ2) is 3.92. The van der Waals surface area contributed by atoms with Crippen molar-refractivity contribution in [2.75, 3.05) is 12.4 Å². The first kappa shape index (κ1) is 10.6. The topological polar surface area (TPSA) is 42.7 Å². The summed E-state index contributed by atoms with van der Waals surface area (Å²) >= 11 is 0. The quantitative estimate of drug-likeness (QED) is 0.841. The molecule has 2 rings (SSSR count). The van der Waals surface area contributed by atoms with Crippen LogP contribution < -0.4 is 5.32 Å². The van der Waals surface area contributed by atoms with Crippen molar-refractivity contribution in [3.05, 3.63) is 29.6 Å². The largest absolute Gasteiger partial charge is 0.357 e. The maximum absolute atomic E-state index is 13.3. The minimum atomic E-state index is -0.260. The molecule has 0 aliphatic rings. The van der Waals surface area contributed by atoms with Gasteiger partial charge < -0.3 is 5.32 Å². The molecule has 0 aliphatic heterocycles. The molecule has 1 aromatic carbocycles. The Morgan fingerprint density at radius 3 is 2.56 bits per heavy atom. The number of hydrogen-bond acceptors (Lipinski definition) is 3. The van der Waals surface area contributed by atoms with E-state index in [0.717, 1.165) is 11.1 Å². The Balaban J connectivity index is 2.54. The zero-order valence-corrected chi connectivity index (χ0v) is 9.45. The summed E-state index contributed by atoms with van der Waals surface area (Å²) in [5.41, 5.74) is 1.60. The first-order chi connectivity index (χ1) is 7.61. The fraction of sp³-hybridized carbons (Fsp3) is 0.273. The minimum absolute atomic E-state index is 0.260. The van der Waals surface area contributed by atoms with Crippen molar-refractivity contribution >= 4 is 5.95 Å². The van der Waals surface area contributed by atoms with Gasteiger partial charge in [0.2, 0.25) is 5.95 Å². The second-order valence-electron chi connectivity index (χ2n) is 3.67. The van der Waals surface area contributed by atoms with E-state index in [9.17, 15) is 4.39 Å². The van der Waals surface area contributed by atoms with Gasteiger partial charge in [-0.3, -0.25) is 4.57 Å². The predicted molar refractivity (Wildman–Crippen MR) is 60.7 cm³/mol. The Labute approximate surface area is 93.1 Å². The number of aromatic nitrogens is 3. The van der Waals surface area contributed by atoms with Crippen LogP contribution >= 0.6 is 0 Å². The van der Waals surface area contributed by atoms with Crippen molar-refractivity contribution in [1.82, 2.24) is 14.8 Å². The lowest BCUT2D eigenvalue weighted by molar-refractivity contribution is 0.627. The highest BCUT2D eigenvalue weighted by Crippen LogP contribution is 2.21. The van der Waals surface area contributed by atoms with Crippen LogP contribution in [-0.4, -0.2) is 21.8 Å². The molecule has 0 bridgehead atoms. The molecule has 0 unspecified atom stereocenters. The summed E-state index contributed by atoms with van der Waals surface area (Å²) in [6.07, 6.45) is 0. The van der Waals surface area contributed by atoms with Crippen molar-refractivity contribution < 1.29 is 4.39 Å². The van der Waals surface area contributed by atoms with E-state index in [-0.39, 0.29) is 5.82 Å². The average Bonchev–Trinajstić information content (AvgIpc) is 2.58. The van der Waals surface area contributed by atoms with Gasteiger partial charge in [-0.05, 0) is 30.7 Å². The molecule has 4 nitrogen and oxygen atoms in total. The molecule has 5 heteroatoms. The summed E-state index contributed by atoms with van der Waals surface area (Å²) in [5.74, 6) is 1.04. The van der Waals surface area contributed by atoms with Crippen LogP contribution in [0.3, 0.4) is 0 Å². The lowest BCUT2D eigenvalue weighted by Gasteiger charge is -2.04. The van der Waals surface area contributed by atoms with Crippen LogP contribution in [0.4, 0.5) is 10.3 Å². The van der Waals surface area contributed by atoms with Gasteiger partial charge in [0, 0.05) is 19.7 Å². The molecule has 16 heavy (non-hydrogen) atoms. The molecule has 0 spiro atoms. The average molecular weight is 220 g/mol. The van der Waals surface area contributed by atoms with E-state index >= 15 is 0 Å². The first-order valence-electron chi connectivity index (χ1n) is 4.96. The van der Waals surface area contributed by atoms with Gasteiger partial charge >= 0.3 is 0 Å². The van der Waals surface area contributed by atoms with Crippen LogP contribution in [0.15, 0.2) is 18.2 Å². The molecule has 0 saturated heterocycles. The predicted octanol–water partition coefficient (Wildman–Crippen LogP) is 1.97. The van der Waals surface area contributed by atoms with Crippen molar-refractivity contribution in [3.63, 3.8) is 0 Å². The number of anilines is 1. The SMILES string of the molecule is CNc1nnc(-c2cc(C)cc(F)c2)n1C. The van der Waals surface area contributed by atoms with Crippen LogP contribution in [0.5, 0.6) is 0 Å². The third-order valence-electron chi connectivity index (χ3n) is 2.40. The summed E-state index contributed by atoms with van der Waals surface area (Å²) in [5, 5.41) is 10.9. The Morgan fingerprint density at radius 1 is 1.25 bits per heavy atom. The number of nitrogens with zero attached hydrogens (tertiary/aromatic N) is 3. The number of rotatable bonds is 2. The lowest BCUT2D eigenvalue weighted by Crippen LogP contribution is -2.00. The molecule has 1 N–H and O–H groups in total. The van der Waals surface area contributed by atoms with E-state index in [1.807, 2.05) is 20.0 Å². The highest BCUT2D eigenvalue weighted by atomic mass is 19.1. The monoisotopic (exact) mass is 220 g/mol. The van der Waals surface area contributed by atoms with Crippen molar-refractivity contribution in [2.45, 2.75) is 6.92 Å². The van der Waals surface area contributed by atoms with Crippen LogP contribution in [-0.2, 0) is 7.05 Å². The fourth-order valence-corrected chi connectivity index (χ4v) is 1.66. The van der Waals surface area contributed by atoms with Crippen molar-refractivity contribution in [1.29, 1.82) is 0 Å². The molecule has 1 heterocycles. The molecule has 84 valence electrons. The van der Waals surface area contributed by atoms with Crippen molar-refractivity contribution in [2.24, 2.45) is 7.05 Å². The third kappa shape index (κ3) is 1.76. The number of halogens is 1. The maximum atomic E-state index is 13.3. The summed E-state index contributed by atoms with van der Waals surface area (Å²) in [6, 6.07) is 4.82. The molecular weight excluding hydrogens is 207 g/mol. The van der Waals surface area contributed by atoms with Gasteiger partial charge in [0.05, 0.1) is 0 Å². The van der Waals surface area contributed by atoms with E-state index in [1.54, 1.807) is 11.6 Å². The summed E-state index contributed by atoms with van der Waals surface area (Å²) in [6.45, 7) is 1.85. The number of aryl methyl sites for hydroxylation is 1. The lowest BCUT2D eigenvalue weighted by atomic mass is 10.1. The molecule has 0 atom stereocenters. The van der Waals surface area contributed by atoms with Crippen LogP contribution in [0.2, 0.25) is 0 Å². The van der Waals surface area contributed by atoms with Crippen molar-refractivity contribution in [3.8, 4) is 11.4 Å². The smallest absolute Gasteiger partial charge is 0.224 e. The van der Waals surface area contributed by atoms with Crippen LogP contribution in [0.25, 0.3) is 11.4 Å². The molecule has 2 aromatic rings. The third-order valence-corrected chi connectivity index (χ3v) is 2.40. The molecule has 0 radical (unpaired) electrons. The Kier molecular flexibility index (Phi) is 2.60. The zero-order valence-electron chi connectivity index (χ0n) is 9.45. The van der Waals surface area contributed by atoms with Gasteiger partial charge in [0.15, 0.2) is 5.82 Å². The Hall–Kier alpha value is -1.91. The highest BCUT2D eigenvalue weighted by Gasteiger charge is 2.10. The van der Waals surface area contributed by atoms with Crippen LogP contribution in [0, 0.1) is 12.7 Å². The van der Waals surface area contributed by atoms with E-state index in [0.29, 0.717) is 11.8 Å². The minimum Gasteiger partial charge on any atom is -0.357 e. The highest BCUT2D eigenvalue weighted by molar-refractivity contribution is 5.58. The second-order valence-corrected chi connectivity index (χ2v) is 3.67. The van der Waals surface area contributed by atoms with E-state index in [2.05, 4.69) is 15.5 Å². The van der Waals surface area contributed by atoms with Gasteiger partial charge in [0.1, 0.15) is 5.82 Å². The van der Waals surface area contributed by atoms with E-state index in [1.165, 1.54) is 12.1 Å². The summed E-state index contributed by atoms with van der Waals surface area (Å²) in [4.78, 5) is 0. The summed E-state index contributed by atoms with van der Waals surface area (Å²) < 4.78 is 15.0. The van der Waals surface area contributed by atoms with Gasteiger partial charge in [-0.25, -0.2) is 4.39 Å². The molecular formula is C11H13FN4. The Bertz CT molecular complexity index is 498. The van der Waals surface area contributed by atoms with E-state index < -0.39 is 0 Å². The molecule has 0 fully saturated rings. The van der Waals surface area contributed by atoms with E-state index in [4.69, 9.17) is 0 Å². The van der Waals surface area contributed by atoms with Gasteiger partial charge in [-0.15, -0.1) is 10.2 Å². The summed E-state index contributed by atoms with van der Waals surface area (Å²) in [7, 11) is 3.60. The number of nitrogens with one attached hydrogen (secondary N) is 1. The molecule has 1 aromatic heterocycles. The Morgan fingerprint density at radius 2 is 2.00 bits per heavy atom. The normalized spacial score (nSPS) is 10.5.